The molecule has 4 aromatic rings. The summed E-state index contributed by atoms with van der Waals surface area (Å²) in [5.41, 5.74) is 2.78. The smallest absolute Gasteiger partial charge is 0.212 e. The van der Waals surface area contributed by atoms with Crippen molar-refractivity contribution in [3.63, 3.8) is 0 Å². The minimum Gasteiger partial charge on any atom is -0.497 e. The van der Waals surface area contributed by atoms with Crippen molar-refractivity contribution in [1.29, 1.82) is 0 Å². The molecule has 1 aliphatic rings. The number of methoxy groups -OCH3 is 1. The van der Waals surface area contributed by atoms with Crippen molar-refractivity contribution >= 4 is 40.7 Å². The number of hydrogen-bond donors (Lipinski definition) is 0. The van der Waals surface area contributed by atoms with E-state index < -0.39 is 0 Å². The zero-order valence-electron chi connectivity index (χ0n) is 16.4. The topological polar surface area (TPSA) is 65.4 Å². The van der Waals surface area contributed by atoms with Crippen LogP contribution in [-0.2, 0) is 6.42 Å². The summed E-state index contributed by atoms with van der Waals surface area (Å²) in [7, 11) is 1.65. The van der Waals surface area contributed by atoms with Crippen LogP contribution in [0.1, 0.15) is 17.1 Å². The fourth-order valence-corrected chi connectivity index (χ4v) is 4.35. The van der Waals surface area contributed by atoms with Crippen LogP contribution < -0.4 is 4.74 Å². The van der Waals surface area contributed by atoms with Gasteiger partial charge in [0, 0.05) is 17.7 Å². The van der Waals surface area contributed by atoms with Gasteiger partial charge in [-0.1, -0.05) is 47.1 Å². The van der Waals surface area contributed by atoms with Crippen LogP contribution in [0.15, 0.2) is 69.3 Å². The molecule has 9 heteroatoms. The van der Waals surface area contributed by atoms with E-state index in [-0.39, 0.29) is 0 Å². The molecule has 0 atom stereocenters. The van der Waals surface area contributed by atoms with Gasteiger partial charge in [-0.15, -0.1) is 10.2 Å². The first-order valence-corrected chi connectivity index (χ1v) is 11.2. The maximum Gasteiger partial charge on any atom is 0.212 e. The van der Waals surface area contributed by atoms with Gasteiger partial charge in [0.15, 0.2) is 11.6 Å². The number of rotatable bonds is 5. The Balaban J connectivity index is 1.42. The summed E-state index contributed by atoms with van der Waals surface area (Å²) in [6.45, 7) is 0. The molecule has 0 radical (unpaired) electrons. The molecule has 5 rings (SSSR count). The van der Waals surface area contributed by atoms with E-state index in [1.807, 2.05) is 42.5 Å². The third-order valence-corrected chi connectivity index (χ3v) is 6.52. The molecule has 0 fully saturated rings. The Hall–Kier alpha value is -2.74. The third-order valence-electron chi connectivity index (χ3n) is 4.85. The van der Waals surface area contributed by atoms with E-state index in [4.69, 9.17) is 37.5 Å². The third kappa shape index (κ3) is 4.08. The van der Waals surface area contributed by atoms with Gasteiger partial charge >= 0.3 is 0 Å². The number of fused-ring (bicyclic) bond motifs is 1. The molecule has 31 heavy (non-hydrogen) atoms. The van der Waals surface area contributed by atoms with E-state index in [0.717, 1.165) is 33.6 Å². The number of benzene rings is 2. The largest absolute Gasteiger partial charge is 0.497 e. The van der Waals surface area contributed by atoms with E-state index in [9.17, 15) is 0 Å². The number of ether oxygens (including phenoxy) is 1. The number of hydrogen-bond acceptors (Lipinski definition) is 6. The Morgan fingerprint density at radius 3 is 2.58 bits per heavy atom. The van der Waals surface area contributed by atoms with E-state index in [2.05, 4.69) is 10.2 Å². The van der Waals surface area contributed by atoms with Gasteiger partial charge in [0.2, 0.25) is 5.16 Å². The average Bonchev–Trinajstić information content (AvgIpc) is 3.44. The van der Waals surface area contributed by atoms with Crippen molar-refractivity contribution in [3.8, 4) is 17.1 Å². The van der Waals surface area contributed by atoms with Gasteiger partial charge in [-0.25, -0.2) is 0 Å². The molecule has 0 saturated carbocycles. The lowest BCUT2D eigenvalue weighted by Gasteiger charge is -2.12. The van der Waals surface area contributed by atoms with Crippen molar-refractivity contribution in [1.82, 2.24) is 14.9 Å². The Morgan fingerprint density at radius 1 is 1.00 bits per heavy atom. The van der Waals surface area contributed by atoms with Gasteiger partial charge in [-0.3, -0.25) is 0 Å². The molecule has 0 amide bonds. The minimum absolute atomic E-state index is 0.486. The van der Waals surface area contributed by atoms with Crippen LogP contribution in [-0.4, -0.2) is 33.4 Å². The molecule has 0 unspecified atom stereocenters. The molecule has 0 bridgehead atoms. The molecular formula is C22H16Cl2N4O2S. The highest BCUT2D eigenvalue weighted by atomic mass is 35.5. The van der Waals surface area contributed by atoms with Crippen molar-refractivity contribution < 1.29 is 9.15 Å². The quantitative estimate of drug-likeness (QED) is 0.368. The second-order valence-corrected chi connectivity index (χ2v) is 8.62. The molecule has 1 aliphatic heterocycles. The average molecular weight is 471 g/mol. The molecule has 2 aromatic heterocycles. The number of aromatic nitrogens is 3. The van der Waals surface area contributed by atoms with Gasteiger partial charge in [-0.2, -0.15) is 9.78 Å². The summed E-state index contributed by atoms with van der Waals surface area (Å²) in [5.74, 6) is 3.63. The maximum atomic E-state index is 6.14. The summed E-state index contributed by atoms with van der Waals surface area (Å²) in [6.07, 6.45) is 0.612. The highest BCUT2D eigenvalue weighted by Crippen LogP contribution is 2.31. The Kier molecular flexibility index (Phi) is 5.48. The van der Waals surface area contributed by atoms with Crippen LogP contribution in [0.25, 0.3) is 11.3 Å². The lowest BCUT2D eigenvalue weighted by atomic mass is 10.1. The predicted octanol–water partition coefficient (Wildman–Crippen LogP) is 5.80. The number of furan rings is 1. The zero-order chi connectivity index (χ0) is 21.4. The van der Waals surface area contributed by atoms with Gasteiger partial charge in [0.25, 0.3) is 0 Å². The van der Waals surface area contributed by atoms with Gasteiger partial charge in [0.1, 0.15) is 17.2 Å². The fraction of sp³-hybridized carbons (Fsp3) is 0.136. The summed E-state index contributed by atoms with van der Waals surface area (Å²) in [5, 5.41) is 15.1. The monoisotopic (exact) mass is 470 g/mol. The van der Waals surface area contributed by atoms with Crippen LogP contribution in [0.4, 0.5) is 0 Å². The highest BCUT2D eigenvalue weighted by molar-refractivity contribution is 7.99. The molecule has 2 aromatic carbocycles. The van der Waals surface area contributed by atoms with Gasteiger partial charge in [-0.05, 0) is 48.0 Å². The van der Waals surface area contributed by atoms with Crippen LogP contribution in [0, 0.1) is 0 Å². The predicted molar refractivity (Wildman–Crippen MR) is 123 cm³/mol. The van der Waals surface area contributed by atoms with E-state index in [0.29, 0.717) is 33.7 Å². The first-order valence-electron chi connectivity index (χ1n) is 9.44. The Bertz CT molecular complexity index is 1280. The standard InChI is InChI=1S/C22H16Cl2N4O2S/c1-29-15-5-2-13(3-6-15)10-21-25-26-22-28(21)27-18(12-31-22)20-9-8-19(30-20)14-4-7-16(23)17(24)11-14/h2-9,11H,10,12H2,1H3. The molecule has 0 saturated heterocycles. The Morgan fingerprint density at radius 2 is 1.81 bits per heavy atom. The van der Waals surface area contributed by atoms with E-state index in [1.165, 1.54) is 0 Å². The lowest BCUT2D eigenvalue weighted by Crippen LogP contribution is -2.14. The molecule has 3 heterocycles. The molecule has 0 N–H and O–H groups in total. The number of halogens is 2. The summed E-state index contributed by atoms with van der Waals surface area (Å²) < 4.78 is 13.1. The lowest BCUT2D eigenvalue weighted by molar-refractivity contribution is 0.414. The fourth-order valence-electron chi connectivity index (χ4n) is 3.22. The zero-order valence-corrected chi connectivity index (χ0v) is 18.7. The van der Waals surface area contributed by atoms with E-state index in [1.54, 1.807) is 35.7 Å². The molecule has 0 aliphatic carbocycles. The van der Waals surface area contributed by atoms with Crippen molar-refractivity contribution in [2.45, 2.75) is 11.6 Å². The molecule has 0 spiro atoms. The van der Waals surface area contributed by atoms with Gasteiger partial charge in [0.05, 0.1) is 17.2 Å². The van der Waals surface area contributed by atoms with Crippen LogP contribution in [0.2, 0.25) is 10.0 Å². The highest BCUT2D eigenvalue weighted by Gasteiger charge is 2.22. The second kappa shape index (κ2) is 8.42. The number of thioether (sulfide) groups is 1. The summed E-state index contributed by atoms with van der Waals surface area (Å²) in [4.78, 5) is 0. The summed E-state index contributed by atoms with van der Waals surface area (Å²) >= 11 is 13.7. The van der Waals surface area contributed by atoms with Crippen LogP contribution >= 0.6 is 35.0 Å². The first-order chi connectivity index (χ1) is 15.1. The molecule has 156 valence electrons. The van der Waals surface area contributed by atoms with E-state index >= 15 is 0 Å². The van der Waals surface area contributed by atoms with Crippen molar-refractivity contribution in [2.75, 3.05) is 12.9 Å². The van der Waals surface area contributed by atoms with Crippen LogP contribution in [0.3, 0.4) is 0 Å². The normalized spacial score (nSPS) is 13.1. The van der Waals surface area contributed by atoms with Crippen molar-refractivity contribution in [2.24, 2.45) is 5.10 Å². The van der Waals surface area contributed by atoms with Crippen LogP contribution in [0.5, 0.6) is 5.75 Å². The van der Waals surface area contributed by atoms with Gasteiger partial charge < -0.3 is 9.15 Å². The second-order valence-electron chi connectivity index (χ2n) is 6.86. The van der Waals surface area contributed by atoms with Crippen molar-refractivity contribution in [3.05, 3.63) is 81.8 Å². The molecule has 6 nitrogen and oxygen atoms in total. The maximum absolute atomic E-state index is 6.14. The number of nitrogens with zero attached hydrogens (tertiary/aromatic N) is 4. The first kappa shape index (κ1) is 20.2. The molecular weight excluding hydrogens is 455 g/mol. The summed E-state index contributed by atoms with van der Waals surface area (Å²) in [6, 6.07) is 17.1. The Labute approximate surface area is 192 Å². The minimum atomic E-state index is 0.486. The SMILES string of the molecule is COc1ccc(Cc2nnc3n2N=C(c2ccc(-c4ccc(Cl)c(Cl)c4)o2)CS3)cc1.